The molecule has 0 bridgehead atoms. The molecule has 1 amide bonds. The highest BCUT2D eigenvalue weighted by Crippen LogP contribution is 2.33. The Balaban J connectivity index is 1.56. The summed E-state index contributed by atoms with van der Waals surface area (Å²) in [5.74, 6) is 1.73. The number of amides is 1. The van der Waals surface area contributed by atoms with Gasteiger partial charge in [0.15, 0.2) is 0 Å². The number of nitrogens with zero attached hydrogens (tertiary/aromatic N) is 3. The van der Waals surface area contributed by atoms with Gasteiger partial charge in [-0.2, -0.15) is 5.21 Å². The summed E-state index contributed by atoms with van der Waals surface area (Å²) in [6.07, 6.45) is 0. The van der Waals surface area contributed by atoms with Crippen LogP contribution in [-0.2, 0) is 0 Å². The molecule has 4 aromatic rings. The molecule has 0 unspecified atom stereocenters. The summed E-state index contributed by atoms with van der Waals surface area (Å²) in [4.78, 5) is 12.7. The van der Waals surface area contributed by atoms with Gasteiger partial charge in [0, 0.05) is 22.4 Å². The van der Waals surface area contributed by atoms with Crippen molar-refractivity contribution < 1.29 is 14.3 Å². The van der Waals surface area contributed by atoms with E-state index in [-0.39, 0.29) is 5.91 Å². The van der Waals surface area contributed by atoms with Crippen LogP contribution in [0.5, 0.6) is 11.5 Å². The van der Waals surface area contributed by atoms with Crippen LogP contribution in [0.1, 0.15) is 10.4 Å². The zero-order valence-electron chi connectivity index (χ0n) is 16.4. The highest BCUT2D eigenvalue weighted by Gasteiger charge is 2.12. The van der Waals surface area contributed by atoms with Gasteiger partial charge < -0.3 is 14.8 Å². The number of ether oxygens (including phenoxy) is 2. The zero-order valence-corrected chi connectivity index (χ0v) is 16.4. The summed E-state index contributed by atoms with van der Waals surface area (Å²) in [6, 6.07) is 20.1. The summed E-state index contributed by atoms with van der Waals surface area (Å²) < 4.78 is 10.7. The van der Waals surface area contributed by atoms with Gasteiger partial charge >= 0.3 is 0 Å². The Labute approximate surface area is 172 Å². The second-order valence-electron chi connectivity index (χ2n) is 6.41. The molecule has 0 radical (unpaired) electrons. The maximum absolute atomic E-state index is 12.7. The van der Waals surface area contributed by atoms with E-state index in [0.717, 1.165) is 22.4 Å². The van der Waals surface area contributed by atoms with Crippen molar-refractivity contribution in [3.8, 4) is 34.0 Å². The van der Waals surface area contributed by atoms with Crippen molar-refractivity contribution in [2.45, 2.75) is 0 Å². The first-order valence-electron chi connectivity index (χ1n) is 9.15. The molecule has 3 aromatic carbocycles. The number of tetrazole rings is 1. The van der Waals surface area contributed by atoms with Gasteiger partial charge in [0.2, 0.25) is 5.82 Å². The van der Waals surface area contributed by atoms with Crippen LogP contribution in [0.4, 0.5) is 5.69 Å². The third-order valence-corrected chi connectivity index (χ3v) is 4.61. The number of aromatic amines is 1. The first-order valence-corrected chi connectivity index (χ1v) is 9.15. The Morgan fingerprint density at radius 3 is 2.27 bits per heavy atom. The molecule has 0 aliphatic carbocycles. The molecule has 0 saturated heterocycles. The molecule has 150 valence electrons. The van der Waals surface area contributed by atoms with E-state index in [9.17, 15) is 4.79 Å². The van der Waals surface area contributed by atoms with Crippen LogP contribution in [0, 0.1) is 0 Å². The lowest BCUT2D eigenvalue weighted by atomic mass is 10.0. The van der Waals surface area contributed by atoms with Gasteiger partial charge in [0.25, 0.3) is 5.91 Å². The Morgan fingerprint density at radius 2 is 1.63 bits per heavy atom. The average Bonchev–Trinajstić information content (AvgIpc) is 3.34. The predicted octanol–water partition coefficient (Wildman–Crippen LogP) is 3.80. The number of anilines is 1. The van der Waals surface area contributed by atoms with E-state index in [4.69, 9.17) is 9.47 Å². The van der Waals surface area contributed by atoms with Gasteiger partial charge in [-0.15, -0.1) is 10.2 Å². The van der Waals surface area contributed by atoms with Crippen molar-refractivity contribution in [1.29, 1.82) is 0 Å². The number of hydrogen-bond donors (Lipinski definition) is 2. The minimum absolute atomic E-state index is 0.222. The van der Waals surface area contributed by atoms with Crippen molar-refractivity contribution >= 4 is 11.6 Å². The number of methoxy groups -OCH3 is 2. The number of benzene rings is 3. The Bertz CT molecular complexity index is 1140. The fraction of sp³-hybridized carbons (Fsp3) is 0.0909. The fourth-order valence-corrected chi connectivity index (χ4v) is 3.04. The predicted molar refractivity (Wildman–Crippen MR) is 113 cm³/mol. The third kappa shape index (κ3) is 3.97. The largest absolute Gasteiger partial charge is 0.497 e. The minimum Gasteiger partial charge on any atom is -0.497 e. The number of hydrogen-bond acceptors (Lipinski definition) is 6. The van der Waals surface area contributed by atoms with Crippen LogP contribution < -0.4 is 14.8 Å². The maximum atomic E-state index is 12.7. The molecule has 0 fully saturated rings. The van der Waals surface area contributed by atoms with E-state index in [1.165, 1.54) is 0 Å². The summed E-state index contributed by atoms with van der Waals surface area (Å²) in [5, 5.41) is 16.7. The number of nitrogens with one attached hydrogen (secondary N) is 2. The van der Waals surface area contributed by atoms with E-state index >= 15 is 0 Å². The van der Waals surface area contributed by atoms with Gasteiger partial charge in [0.1, 0.15) is 11.5 Å². The van der Waals surface area contributed by atoms with Crippen LogP contribution in [0.3, 0.4) is 0 Å². The zero-order chi connectivity index (χ0) is 20.9. The Kier molecular flexibility index (Phi) is 5.38. The lowest BCUT2D eigenvalue weighted by Crippen LogP contribution is -2.11. The molecule has 0 aliphatic heterocycles. The molecule has 0 aliphatic rings. The van der Waals surface area contributed by atoms with Crippen LogP contribution in [0.25, 0.3) is 22.5 Å². The van der Waals surface area contributed by atoms with Crippen molar-refractivity contribution in [3.05, 3.63) is 72.3 Å². The summed E-state index contributed by atoms with van der Waals surface area (Å²) >= 11 is 0. The van der Waals surface area contributed by atoms with Crippen LogP contribution in [0.15, 0.2) is 66.7 Å². The number of aromatic nitrogens is 4. The smallest absolute Gasteiger partial charge is 0.255 e. The van der Waals surface area contributed by atoms with Crippen LogP contribution >= 0.6 is 0 Å². The first-order chi connectivity index (χ1) is 14.7. The van der Waals surface area contributed by atoms with Gasteiger partial charge in [-0.3, -0.25) is 4.79 Å². The van der Waals surface area contributed by atoms with Crippen molar-refractivity contribution in [3.63, 3.8) is 0 Å². The third-order valence-electron chi connectivity index (χ3n) is 4.61. The van der Waals surface area contributed by atoms with Gasteiger partial charge in [0.05, 0.1) is 14.2 Å². The monoisotopic (exact) mass is 401 g/mol. The summed E-state index contributed by atoms with van der Waals surface area (Å²) in [7, 11) is 3.24. The van der Waals surface area contributed by atoms with Gasteiger partial charge in [-0.05, 0) is 53.2 Å². The Morgan fingerprint density at radius 1 is 0.900 bits per heavy atom. The van der Waals surface area contributed by atoms with E-state index in [2.05, 4.69) is 25.9 Å². The minimum atomic E-state index is -0.222. The van der Waals surface area contributed by atoms with Crippen LogP contribution in [-0.4, -0.2) is 40.8 Å². The number of H-pyrrole nitrogens is 1. The highest BCUT2D eigenvalue weighted by molar-refractivity contribution is 6.04. The molecule has 0 spiro atoms. The lowest BCUT2D eigenvalue weighted by Gasteiger charge is -2.13. The Hall–Kier alpha value is -4.20. The molecule has 8 heteroatoms. The first kappa shape index (κ1) is 19.1. The molecular weight excluding hydrogens is 382 g/mol. The molecule has 1 aromatic heterocycles. The van der Waals surface area contributed by atoms with E-state index in [1.807, 2.05) is 36.4 Å². The van der Waals surface area contributed by atoms with Crippen molar-refractivity contribution in [2.24, 2.45) is 0 Å². The molecule has 30 heavy (non-hydrogen) atoms. The number of rotatable bonds is 6. The highest BCUT2D eigenvalue weighted by atomic mass is 16.5. The van der Waals surface area contributed by atoms with E-state index in [0.29, 0.717) is 22.8 Å². The second-order valence-corrected chi connectivity index (χ2v) is 6.41. The van der Waals surface area contributed by atoms with Crippen LogP contribution in [0.2, 0.25) is 0 Å². The number of carbonyl (C=O) groups excluding carboxylic acids is 1. The standard InChI is InChI=1S/C22H19N5O3/c1-29-18-10-7-14(8-11-18)19-13-17(9-12-20(19)30-2)23-22(28)16-5-3-15(4-6-16)21-24-26-27-25-21/h3-13H,1-2H3,(H,23,28)(H,24,25,26,27). The summed E-state index contributed by atoms with van der Waals surface area (Å²) in [6.45, 7) is 0. The molecule has 2 N–H and O–H groups in total. The fourth-order valence-electron chi connectivity index (χ4n) is 3.04. The molecular formula is C22H19N5O3. The van der Waals surface area contributed by atoms with E-state index < -0.39 is 0 Å². The quantitative estimate of drug-likeness (QED) is 0.509. The normalized spacial score (nSPS) is 10.5. The molecule has 1 heterocycles. The van der Waals surface area contributed by atoms with Gasteiger partial charge in [-0.25, -0.2) is 0 Å². The molecule has 0 atom stereocenters. The molecule has 4 rings (SSSR count). The average molecular weight is 401 g/mol. The SMILES string of the molecule is COc1ccc(-c2cc(NC(=O)c3ccc(-c4nn[nH]n4)cc3)ccc2OC)cc1. The van der Waals surface area contributed by atoms with Crippen molar-refractivity contribution in [1.82, 2.24) is 20.6 Å². The van der Waals surface area contributed by atoms with Gasteiger partial charge in [-0.1, -0.05) is 24.3 Å². The van der Waals surface area contributed by atoms with E-state index in [1.54, 1.807) is 44.6 Å². The molecule has 8 nitrogen and oxygen atoms in total. The van der Waals surface area contributed by atoms with Crippen molar-refractivity contribution in [2.75, 3.05) is 19.5 Å². The second kappa shape index (κ2) is 8.44. The number of carbonyl (C=O) groups is 1. The lowest BCUT2D eigenvalue weighted by molar-refractivity contribution is 0.102. The summed E-state index contributed by atoms with van der Waals surface area (Å²) in [5.41, 5.74) is 3.77. The topological polar surface area (TPSA) is 102 Å². The molecule has 0 saturated carbocycles. The maximum Gasteiger partial charge on any atom is 0.255 e.